The molecule has 0 bridgehead atoms. The summed E-state index contributed by atoms with van der Waals surface area (Å²) >= 11 is 6.01. The summed E-state index contributed by atoms with van der Waals surface area (Å²) in [6.45, 7) is 5.87. The van der Waals surface area contributed by atoms with Gasteiger partial charge in [-0.25, -0.2) is 8.42 Å². The zero-order chi connectivity index (χ0) is 19.8. The minimum Gasteiger partial charge on any atom is -0.468 e. The largest absolute Gasteiger partial charge is 0.468 e. The van der Waals surface area contributed by atoms with E-state index in [0.717, 1.165) is 9.87 Å². The van der Waals surface area contributed by atoms with Crippen molar-refractivity contribution in [3.05, 3.63) is 65.5 Å². The molecule has 8 heteroatoms. The van der Waals surface area contributed by atoms with Crippen LogP contribution in [0.5, 0.6) is 0 Å². The van der Waals surface area contributed by atoms with Crippen molar-refractivity contribution in [3.8, 4) is 0 Å². The summed E-state index contributed by atoms with van der Waals surface area (Å²) in [5.74, 6) is -0.603. The van der Waals surface area contributed by atoms with Crippen LogP contribution in [0.15, 0.2) is 54.1 Å². The first kappa shape index (κ1) is 19.5. The number of ether oxygens (including phenoxy) is 1. The highest BCUT2D eigenvalue weighted by Crippen LogP contribution is 2.40. The zero-order valence-corrected chi connectivity index (χ0v) is 16.5. The van der Waals surface area contributed by atoms with Gasteiger partial charge in [0.2, 0.25) is 10.0 Å². The number of halogens is 1. The topological polar surface area (TPSA) is 76.6 Å². The van der Waals surface area contributed by atoms with Gasteiger partial charge in [0.15, 0.2) is 0 Å². The van der Waals surface area contributed by atoms with E-state index in [1.807, 2.05) is 6.92 Å². The molecule has 0 aliphatic carbocycles. The number of aromatic nitrogens is 1. The highest BCUT2D eigenvalue weighted by molar-refractivity contribution is 7.89. The van der Waals surface area contributed by atoms with Crippen molar-refractivity contribution in [2.45, 2.75) is 30.3 Å². The number of pyridine rings is 1. The number of hydrogen-bond acceptors (Lipinski definition) is 5. The van der Waals surface area contributed by atoms with Gasteiger partial charge in [-0.3, -0.25) is 9.78 Å². The number of esters is 1. The van der Waals surface area contributed by atoms with E-state index < -0.39 is 28.1 Å². The van der Waals surface area contributed by atoms with Gasteiger partial charge < -0.3 is 4.74 Å². The maximum absolute atomic E-state index is 13.2. The van der Waals surface area contributed by atoms with Gasteiger partial charge in [0, 0.05) is 11.2 Å². The lowest BCUT2D eigenvalue weighted by Gasteiger charge is -2.46. The second-order valence-electron chi connectivity index (χ2n) is 6.32. The summed E-state index contributed by atoms with van der Waals surface area (Å²) < 4.78 is 32.3. The maximum Gasteiger partial charge on any atom is 0.324 e. The van der Waals surface area contributed by atoms with Crippen LogP contribution in [0.1, 0.15) is 17.7 Å². The minimum atomic E-state index is -3.92. The Hall–Kier alpha value is -2.22. The molecular formula is C19H19ClN2O4S. The van der Waals surface area contributed by atoms with Gasteiger partial charge in [0.25, 0.3) is 0 Å². The van der Waals surface area contributed by atoms with E-state index >= 15 is 0 Å². The molecule has 0 unspecified atom stereocenters. The fourth-order valence-corrected chi connectivity index (χ4v) is 4.99. The Labute approximate surface area is 163 Å². The van der Waals surface area contributed by atoms with E-state index in [9.17, 15) is 13.2 Å². The van der Waals surface area contributed by atoms with Gasteiger partial charge in [-0.2, -0.15) is 4.31 Å². The predicted octanol–water partition coefficient (Wildman–Crippen LogP) is 3.06. The highest BCUT2D eigenvalue weighted by atomic mass is 35.5. The van der Waals surface area contributed by atoms with Gasteiger partial charge in [-0.05, 0) is 43.2 Å². The smallest absolute Gasteiger partial charge is 0.324 e. The SMILES string of the molecule is C=C(c1cc(Cl)ccn1)[C@@H]1C[C@H](C(=O)OC)N1S(=O)(=O)c1ccc(C)cc1. The number of benzene rings is 1. The lowest BCUT2D eigenvalue weighted by atomic mass is 9.89. The molecule has 0 spiro atoms. The van der Waals surface area contributed by atoms with Crippen molar-refractivity contribution >= 4 is 33.2 Å². The van der Waals surface area contributed by atoms with Crippen LogP contribution in [0.3, 0.4) is 0 Å². The van der Waals surface area contributed by atoms with Crippen LogP contribution in [0.25, 0.3) is 5.57 Å². The van der Waals surface area contributed by atoms with E-state index in [2.05, 4.69) is 11.6 Å². The Kier molecular flexibility index (Phi) is 5.37. The Balaban J connectivity index is 1.99. The van der Waals surface area contributed by atoms with E-state index in [4.69, 9.17) is 16.3 Å². The third-order valence-electron chi connectivity index (χ3n) is 4.58. The van der Waals surface area contributed by atoms with Crippen molar-refractivity contribution < 1.29 is 17.9 Å². The normalized spacial score (nSPS) is 20.0. The summed E-state index contributed by atoms with van der Waals surface area (Å²) in [6, 6.07) is 8.20. The molecule has 0 N–H and O–H groups in total. The first-order valence-corrected chi connectivity index (χ1v) is 10.1. The molecule has 3 rings (SSSR count). The van der Waals surface area contributed by atoms with E-state index in [1.54, 1.807) is 24.3 Å². The van der Waals surface area contributed by atoms with Crippen LogP contribution < -0.4 is 0 Å². The molecule has 1 aromatic heterocycles. The quantitative estimate of drug-likeness (QED) is 0.713. The van der Waals surface area contributed by atoms with Crippen LogP contribution in [0.2, 0.25) is 5.02 Å². The standard InChI is InChI=1S/C19H19ClN2O4S/c1-12-4-6-15(7-5-12)27(24,25)22-17(11-18(22)19(23)26-3)13(2)16-10-14(20)8-9-21-16/h4-10,17-18H,2,11H2,1,3H3/t17-,18+/m0/s1. The number of carbonyl (C=O) groups is 1. The number of carbonyl (C=O) groups excluding carboxylic acids is 1. The first-order chi connectivity index (χ1) is 12.8. The van der Waals surface area contributed by atoms with Crippen molar-refractivity contribution in [1.29, 1.82) is 0 Å². The van der Waals surface area contributed by atoms with Crippen LogP contribution in [-0.4, -0.2) is 42.9 Å². The molecule has 2 aromatic rings. The summed E-state index contributed by atoms with van der Waals surface area (Å²) in [6.07, 6.45) is 1.79. The van der Waals surface area contributed by atoms with E-state index in [0.29, 0.717) is 16.3 Å². The molecule has 6 nitrogen and oxygen atoms in total. The third kappa shape index (κ3) is 3.63. The average Bonchev–Trinajstić information content (AvgIpc) is 2.60. The number of sulfonamides is 1. The molecule has 1 fully saturated rings. The Morgan fingerprint density at radius 2 is 1.93 bits per heavy atom. The van der Waals surface area contributed by atoms with Gasteiger partial charge in [0.1, 0.15) is 6.04 Å². The van der Waals surface area contributed by atoms with Crippen molar-refractivity contribution in [2.24, 2.45) is 0 Å². The second kappa shape index (κ2) is 7.42. The van der Waals surface area contributed by atoms with Gasteiger partial charge in [-0.15, -0.1) is 0 Å². The van der Waals surface area contributed by atoms with E-state index in [-0.39, 0.29) is 11.3 Å². The van der Waals surface area contributed by atoms with Crippen molar-refractivity contribution in [3.63, 3.8) is 0 Å². The highest BCUT2D eigenvalue weighted by Gasteiger charge is 2.52. The molecule has 1 aromatic carbocycles. The summed E-state index contributed by atoms with van der Waals surface area (Å²) in [5.41, 5.74) is 1.90. The fraction of sp³-hybridized carbons (Fsp3) is 0.263. The van der Waals surface area contributed by atoms with E-state index in [1.165, 1.54) is 25.4 Å². The minimum absolute atomic E-state index is 0.110. The van der Waals surface area contributed by atoms with Crippen LogP contribution in [0.4, 0.5) is 0 Å². The van der Waals surface area contributed by atoms with Crippen molar-refractivity contribution in [1.82, 2.24) is 9.29 Å². The second-order valence-corrected chi connectivity index (χ2v) is 8.60. The summed E-state index contributed by atoms with van der Waals surface area (Å²) in [7, 11) is -2.69. The molecule has 142 valence electrons. The molecular weight excluding hydrogens is 388 g/mol. The maximum atomic E-state index is 13.2. The molecule has 0 amide bonds. The average molecular weight is 407 g/mol. The molecule has 27 heavy (non-hydrogen) atoms. The monoisotopic (exact) mass is 406 g/mol. The Morgan fingerprint density at radius 1 is 1.26 bits per heavy atom. The third-order valence-corrected chi connectivity index (χ3v) is 6.75. The number of rotatable bonds is 5. The molecule has 2 heterocycles. The molecule has 1 aliphatic rings. The Bertz CT molecular complexity index is 989. The predicted molar refractivity (Wildman–Crippen MR) is 103 cm³/mol. The lowest BCUT2D eigenvalue weighted by Crippen LogP contribution is -2.62. The van der Waals surface area contributed by atoms with Crippen LogP contribution >= 0.6 is 11.6 Å². The van der Waals surface area contributed by atoms with Crippen LogP contribution in [-0.2, 0) is 19.6 Å². The fourth-order valence-electron chi connectivity index (χ4n) is 3.05. The first-order valence-electron chi connectivity index (χ1n) is 8.24. The summed E-state index contributed by atoms with van der Waals surface area (Å²) in [4.78, 5) is 16.4. The molecule has 0 saturated carbocycles. The van der Waals surface area contributed by atoms with Gasteiger partial charge >= 0.3 is 5.97 Å². The van der Waals surface area contributed by atoms with Crippen LogP contribution in [0, 0.1) is 6.92 Å². The molecule has 0 radical (unpaired) electrons. The number of aryl methyl sites for hydroxylation is 1. The van der Waals surface area contributed by atoms with Gasteiger partial charge in [-0.1, -0.05) is 35.9 Å². The zero-order valence-electron chi connectivity index (χ0n) is 14.9. The molecule has 2 atom stereocenters. The molecule has 1 aliphatic heterocycles. The number of methoxy groups -OCH3 is 1. The number of nitrogens with zero attached hydrogens (tertiary/aromatic N) is 2. The number of hydrogen-bond donors (Lipinski definition) is 0. The molecule has 1 saturated heterocycles. The Morgan fingerprint density at radius 3 is 2.52 bits per heavy atom. The summed E-state index contributed by atoms with van der Waals surface area (Å²) in [5, 5.41) is 0.470. The van der Waals surface area contributed by atoms with Crippen molar-refractivity contribution in [2.75, 3.05) is 7.11 Å². The lowest BCUT2D eigenvalue weighted by molar-refractivity contribution is -0.149. The van der Waals surface area contributed by atoms with Gasteiger partial charge in [0.05, 0.1) is 23.7 Å².